The summed E-state index contributed by atoms with van der Waals surface area (Å²) in [6, 6.07) is 0. The van der Waals surface area contributed by atoms with Gasteiger partial charge in [-0.25, -0.2) is 0 Å². The molecule has 0 nitrogen and oxygen atoms in total. The molecule has 1 rings (SSSR count). The van der Waals surface area contributed by atoms with Gasteiger partial charge in [0.1, 0.15) is 4.33 Å². The highest BCUT2D eigenvalue weighted by Gasteiger charge is 2.49. The molecule has 6 heavy (non-hydrogen) atoms. The molecule has 0 bridgehead atoms. The van der Waals surface area contributed by atoms with Crippen molar-refractivity contribution in [3.05, 3.63) is 0 Å². The Morgan fingerprint density at radius 3 is 1.83 bits per heavy atom. The van der Waals surface area contributed by atoms with Crippen LogP contribution in [0.4, 0.5) is 0 Å². The first-order valence-corrected chi connectivity index (χ1v) is 3.32. The molecule has 0 heterocycles. The van der Waals surface area contributed by atoms with Crippen LogP contribution in [0, 0.1) is 0 Å². The monoisotopic (exact) mass is 188 g/mol. The van der Waals surface area contributed by atoms with Crippen molar-refractivity contribution in [2.75, 3.05) is 0 Å². The Hall–Kier alpha value is 1.06. The van der Waals surface area contributed by atoms with Crippen molar-refractivity contribution in [1.29, 1.82) is 0 Å². The van der Waals surface area contributed by atoms with Gasteiger partial charge in [-0.2, -0.15) is 0 Å². The van der Waals surface area contributed by atoms with Crippen LogP contribution < -0.4 is 0 Å². The molecule has 0 N–H and O–H groups in total. The Labute approximate surface area is 54.9 Å². The van der Waals surface area contributed by atoms with Gasteiger partial charge in [-0.3, -0.25) is 0 Å². The first-order valence-electron chi connectivity index (χ1n) is 1.65. The van der Waals surface area contributed by atoms with E-state index < -0.39 is 4.33 Å². The van der Waals surface area contributed by atoms with E-state index >= 15 is 0 Å². The maximum atomic E-state index is 5.51. The minimum Gasteiger partial charge on any atom is -0.100 e. The first-order chi connectivity index (χ1) is 2.63. The largest absolute Gasteiger partial charge is 0.132 e. The van der Waals surface area contributed by atoms with Crippen LogP contribution in [0.2, 0.25) is 0 Å². The van der Waals surface area contributed by atoms with E-state index in [0.717, 1.165) is 6.42 Å². The van der Waals surface area contributed by atoms with Crippen LogP contribution in [0.25, 0.3) is 0 Å². The summed E-state index contributed by atoms with van der Waals surface area (Å²) in [4.78, 5) is 0.341. The van der Waals surface area contributed by atoms with E-state index in [-0.39, 0.29) is 0 Å². The Morgan fingerprint density at radius 1 is 1.67 bits per heavy atom. The van der Waals surface area contributed by atoms with Gasteiger partial charge >= 0.3 is 0 Å². The van der Waals surface area contributed by atoms with Gasteiger partial charge in [0.2, 0.25) is 0 Å². The summed E-state index contributed by atoms with van der Waals surface area (Å²) in [5, 5.41) is 0. The van der Waals surface area contributed by atoms with E-state index in [4.69, 9.17) is 23.2 Å². The van der Waals surface area contributed by atoms with E-state index in [2.05, 4.69) is 15.9 Å². The SMILES string of the molecule is ClC1(Cl)CC1Br. The molecule has 3 heteroatoms. The molecular formula is C3H3BrCl2. The number of alkyl halides is 3. The van der Waals surface area contributed by atoms with Crippen LogP contribution in [0.15, 0.2) is 0 Å². The second kappa shape index (κ2) is 1.27. The molecule has 0 aromatic rings. The molecule has 0 spiro atoms. The normalized spacial score (nSPS) is 39.5. The molecule has 0 aromatic heterocycles. The predicted octanol–water partition coefficient (Wildman–Crippen LogP) is 2.33. The fourth-order valence-electron chi connectivity index (χ4n) is 0.180. The fraction of sp³-hybridized carbons (Fsp3) is 1.00. The van der Waals surface area contributed by atoms with E-state index in [1.807, 2.05) is 0 Å². The molecule has 0 saturated heterocycles. The highest BCUT2D eigenvalue weighted by molar-refractivity contribution is 9.09. The van der Waals surface area contributed by atoms with E-state index in [1.54, 1.807) is 0 Å². The van der Waals surface area contributed by atoms with Crippen LogP contribution in [-0.4, -0.2) is 9.16 Å². The van der Waals surface area contributed by atoms with Crippen molar-refractivity contribution in [3.8, 4) is 0 Å². The second-order valence-corrected chi connectivity index (χ2v) is 4.08. The summed E-state index contributed by atoms with van der Waals surface area (Å²) < 4.78 is -0.431. The number of hydrogen-bond acceptors (Lipinski definition) is 0. The molecule has 1 aliphatic rings. The summed E-state index contributed by atoms with van der Waals surface area (Å²) in [6.07, 6.45) is 0.885. The minimum absolute atomic E-state index is 0.341. The van der Waals surface area contributed by atoms with Crippen molar-refractivity contribution in [1.82, 2.24) is 0 Å². The van der Waals surface area contributed by atoms with Crippen LogP contribution in [0.5, 0.6) is 0 Å². The summed E-state index contributed by atoms with van der Waals surface area (Å²) >= 11 is 14.3. The molecule has 1 saturated carbocycles. The standard InChI is InChI=1S/C3H3BrCl2/c4-2-1-3(2,5)6/h2H,1H2. The van der Waals surface area contributed by atoms with E-state index in [9.17, 15) is 0 Å². The Morgan fingerprint density at radius 2 is 1.83 bits per heavy atom. The average Bonchev–Trinajstić information content (AvgIpc) is 1.73. The zero-order chi connectivity index (χ0) is 4.78. The lowest BCUT2D eigenvalue weighted by molar-refractivity contribution is 1.37. The summed E-state index contributed by atoms with van der Waals surface area (Å²) in [5.41, 5.74) is 0. The summed E-state index contributed by atoms with van der Waals surface area (Å²) in [5.74, 6) is 0. The minimum atomic E-state index is -0.431. The molecule has 0 aromatic carbocycles. The van der Waals surface area contributed by atoms with Crippen molar-refractivity contribution >= 4 is 39.1 Å². The average molecular weight is 190 g/mol. The lowest BCUT2D eigenvalue weighted by atomic mass is 11.0. The number of rotatable bonds is 0. The lowest BCUT2D eigenvalue weighted by Gasteiger charge is -1.83. The van der Waals surface area contributed by atoms with Gasteiger partial charge in [0.05, 0.1) is 4.83 Å². The third-order valence-corrected chi connectivity index (χ3v) is 3.22. The van der Waals surface area contributed by atoms with E-state index in [1.165, 1.54) is 0 Å². The second-order valence-electron chi connectivity index (χ2n) is 1.43. The Kier molecular flexibility index (Phi) is 1.10. The van der Waals surface area contributed by atoms with Gasteiger partial charge in [0, 0.05) is 0 Å². The Bertz CT molecular complexity index is 71.2. The van der Waals surface area contributed by atoms with E-state index in [0.29, 0.717) is 4.83 Å². The summed E-state index contributed by atoms with van der Waals surface area (Å²) in [6.45, 7) is 0. The van der Waals surface area contributed by atoms with Gasteiger partial charge in [0.15, 0.2) is 0 Å². The molecule has 36 valence electrons. The molecule has 1 fully saturated rings. The molecular weight excluding hydrogens is 187 g/mol. The van der Waals surface area contributed by atoms with Crippen molar-refractivity contribution in [2.24, 2.45) is 0 Å². The van der Waals surface area contributed by atoms with Gasteiger partial charge < -0.3 is 0 Å². The van der Waals surface area contributed by atoms with Gasteiger partial charge in [-0.1, -0.05) is 15.9 Å². The molecule has 0 amide bonds. The fourth-order valence-corrected chi connectivity index (χ4v) is 1.37. The van der Waals surface area contributed by atoms with Gasteiger partial charge in [-0.15, -0.1) is 23.2 Å². The molecule has 0 aliphatic heterocycles. The highest BCUT2D eigenvalue weighted by atomic mass is 79.9. The van der Waals surface area contributed by atoms with Crippen molar-refractivity contribution < 1.29 is 0 Å². The molecule has 1 atom stereocenters. The highest BCUT2D eigenvalue weighted by Crippen LogP contribution is 2.51. The van der Waals surface area contributed by atoms with Crippen LogP contribution in [0.1, 0.15) is 6.42 Å². The third kappa shape index (κ3) is 0.824. The van der Waals surface area contributed by atoms with Crippen LogP contribution >= 0.6 is 39.1 Å². The maximum absolute atomic E-state index is 5.51. The maximum Gasteiger partial charge on any atom is 0.132 e. The van der Waals surface area contributed by atoms with Gasteiger partial charge in [0.25, 0.3) is 0 Å². The third-order valence-electron chi connectivity index (χ3n) is 0.750. The van der Waals surface area contributed by atoms with Crippen LogP contribution in [0.3, 0.4) is 0 Å². The number of hydrogen-bond donors (Lipinski definition) is 0. The molecule has 1 aliphatic carbocycles. The molecule has 1 unspecified atom stereocenters. The zero-order valence-electron chi connectivity index (χ0n) is 2.92. The molecule has 0 radical (unpaired) electrons. The van der Waals surface area contributed by atoms with Crippen molar-refractivity contribution in [3.63, 3.8) is 0 Å². The zero-order valence-corrected chi connectivity index (χ0v) is 6.02. The smallest absolute Gasteiger partial charge is 0.100 e. The summed E-state index contributed by atoms with van der Waals surface area (Å²) in [7, 11) is 0. The van der Waals surface area contributed by atoms with Gasteiger partial charge in [-0.05, 0) is 6.42 Å². The lowest BCUT2D eigenvalue weighted by Crippen LogP contribution is -1.83. The van der Waals surface area contributed by atoms with Crippen molar-refractivity contribution in [2.45, 2.75) is 15.6 Å². The first kappa shape index (κ1) is 5.20. The Balaban J connectivity index is 2.41. The quantitative estimate of drug-likeness (QED) is 0.514. The number of halogens is 3. The van der Waals surface area contributed by atoms with Crippen LogP contribution in [-0.2, 0) is 0 Å². The predicted molar refractivity (Wildman–Crippen MR) is 31.8 cm³/mol. The topological polar surface area (TPSA) is 0 Å².